The molecule has 0 radical (unpaired) electrons. The molecule has 18 heteroatoms. The maximum absolute atomic E-state index is 14.4. The van der Waals surface area contributed by atoms with Crippen molar-refractivity contribution in [1.29, 1.82) is 0 Å². The van der Waals surface area contributed by atoms with Crippen LogP contribution in [0, 0.1) is 0 Å². The van der Waals surface area contributed by atoms with E-state index in [1.54, 1.807) is 25.4 Å². The van der Waals surface area contributed by atoms with E-state index in [0.717, 1.165) is 39.8 Å². The van der Waals surface area contributed by atoms with Gasteiger partial charge in [-0.05, 0) is 74.4 Å². The quantitative estimate of drug-likeness (QED) is 0.0760. The maximum Gasteiger partial charge on any atom is 0.347 e. The summed E-state index contributed by atoms with van der Waals surface area (Å²) in [7, 11) is 0. The molecule has 5 N–H and O–H groups in total. The van der Waals surface area contributed by atoms with Crippen LogP contribution >= 0.6 is 0 Å². The average molecular weight is 919 g/mol. The van der Waals surface area contributed by atoms with Crippen LogP contribution in [-0.4, -0.2) is 112 Å². The summed E-state index contributed by atoms with van der Waals surface area (Å²) in [5.74, 6) is -2.27. The van der Waals surface area contributed by atoms with Crippen LogP contribution in [0.5, 0.6) is 0 Å². The summed E-state index contributed by atoms with van der Waals surface area (Å²) in [6.07, 6.45) is 11.1. The van der Waals surface area contributed by atoms with Crippen LogP contribution in [0.4, 0.5) is 0 Å². The van der Waals surface area contributed by atoms with Crippen molar-refractivity contribution in [2.45, 2.75) is 76.9 Å². The van der Waals surface area contributed by atoms with Crippen molar-refractivity contribution >= 4 is 46.1 Å². The average Bonchev–Trinajstić information content (AvgIpc) is 4.01. The van der Waals surface area contributed by atoms with Crippen LogP contribution in [-0.2, 0) is 31.1 Å². The number of rotatable bonds is 19. The number of benzene rings is 2. The number of carbonyl (C=O) groups is 5. The second-order valence-electron chi connectivity index (χ2n) is 17.1. The first kappa shape index (κ1) is 46.5. The normalized spacial score (nSPS) is 13.8. The lowest BCUT2D eigenvalue weighted by atomic mass is 9.71. The minimum absolute atomic E-state index is 0.0637. The van der Waals surface area contributed by atoms with Gasteiger partial charge < -0.3 is 30.7 Å². The third-order valence-electron chi connectivity index (χ3n) is 12.3. The molecule has 5 amide bonds. The zero-order valence-corrected chi connectivity index (χ0v) is 38.2. The number of aromatic amines is 2. The lowest BCUT2D eigenvalue weighted by Crippen LogP contribution is -2.57. The van der Waals surface area contributed by atoms with Gasteiger partial charge in [-0.2, -0.15) is 5.10 Å². The Balaban J connectivity index is 0.972. The highest BCUT2D eigenvalue weighted by Crippen LogP contribution is 2.42. The van der Waals surface area contributed by atoms with Gasteiger partial charge in [0, 0.05) is 72.1 Å². The Bertz CT molecular complexity index is 2970. The van der Waals surface area contributed by atoms with Crippen molar-refractivity contribution < 1.29 is 24.0 Å². The number of hydrogen-bond donors (Lipinski definition) is 5. The van der Waals surface area contributed by atoms with Crippen LogP contribution in [0.1, 0.15) is 74.5 Å². The standard InChI is InChI=1S/C50H54N12O6/c1-4-23-60(47(66)32(3)54-46(65)35-16-21-51-22-17-35)29-42(63)55-41(26-37-28-52-31-53-37)48(67)61(24-5-2)30-43(64)57-50(19-9-20-50)36-14-12-34(13-15-36)44-38(33-10-7-6-8-11-33)27-39-40(56-44)18-25-62-45(39)58-59-49(62)68/h6-8,10-18,21-22,25,27-28,31-32,41H,4-5,9,19-20,23-24,26,29-30H2,1-3H3,(H,52,53)(H,54,65)(H,55,63)(H,57,64)(H,59,68)/t32-,41+/m1/s1. The number of pyridine rings is 3. The molecule has 0 aliphatic heterocycles. The molecule has 0 saturated heterocycles. The number of fused-ring (bicyclic) bond motifs is 3. The van der Waals surface area contributed by atoms with Gasteiger partial charge in [0.15, 0.2) is 5.65 Å². The van der Waals surface area contributed by atoms with Gasteiger partial charge in [-0.1, -0.05) is 68.4 Å². The Morgan fingerprint density at radius 1 is 0.824 bits per heavy atom. The Morgan fingerprint density at radius 3 is 2.19 bits per heavy atom. The van der Waals surface area contributed by atoms with Crippen LogP contribution < -0.4 is 21.6 Å². The molecule has 2 atom stereocenters. The van der Waals surface area contributed by atoms with Gasteiger partial charge in [-0.15, -0.1) is 0 Å². The van der Waals surface area contributed by atoms with E-state index in [2.05, 4.69) is 41.1 Å². The molecule has 2 aromatic carbocycles. The highest BCUT2D eigenvalue weighted by Gasteiger charge is 2.41. The first-order chi connectivity index (χ1) is 33.0. The van der Waals surface area contributed by atoms with Gasteiger partial charge in [0.25, 0.3) is 5.91 Å². The highest BCUT2D eigenvalue weighted by molar-refractivity contribution is 5.99. The molecule has 1 aliphatic carbocycles. The molecule has 8 rings (SSSR count). The molecule has 18 nitrogen and oxygen atoms in total. The zero-order chi connectivity index (χ0) is 47.8. The molecule has 5 heterocycles. The first-order valence-corrected chi connectivity index (χ1v) is 22.9. The van der Waals surface area contributed by atoms with Gasteiger partial charge in [-0.3, -0.25) is 29.0 Å². The lowest BCUT2D eigenvalue weighted by Gasteiger charge is -2.43. The minimum atomic E-state index is -1.09. The molecule has 7 aromatic rings. The van der Waals surface area contributed by atoms with Crippen LogP contribution in [0.15, 0.2) is 115 Å². The fourth-order valence-corrected chi connectivity index (χ4v) is 8.76. The summed E-state index contributed by atoms with van der Waals surface area (Å²) in [4.78, 5) is 99.9. The third-order valence-corrected chi connectivity index (χ3v) is 12.3. The predicted molar refractivity (Wildman–Crippen MR) is 255 cm³/mol. The van der Waals surface area contributed by atoms with Gasteiger partial charge in [0.1, 0.15) is 12.1 Å². The smallest absolute Gasteiger partial charge is 0.347 e. The van der Waals surface area contributed by atoms with Gasteiger partial charge in [-0.25, -0.2) is 24.3 Å². The number of hydrogen-bond acceptors (Lipinski definition) is 10. The molecule has 0 unspecified atom stereocenters. The second kappa shape index (κ2) is 20.7. The Morgan fingerprint density at radius 2 is 1.53 bits per heavy atom. The molecule has 68 heavy (non-hydrogen) atoms. The lowest BCUT2D eigenvalue weighted by molar-refractivity contribution is -0.141. The largest absolute Gasteiger partial charge is 0.348 e. The van der Waals surface area contributed by atoms with Crippen LogP contribution in [0.2, 0.25) is 0 Å². The molecular formula is C50H54N12O6. The Hall–Kier alpha value is -8.02. The molecule has 0 spiro atoms. The number of nitrogens with one attached hydrogen (secondary N) is 5. The molecular weight excluding hydrogens is 865 g/mol. The Labute approximate surface area is 392 Å². The van der Waals surface area contributed by atoms with E-state index in [0.29, 0.717) is 48.1 Å². The Kier molecular flexibility index (Phi) is 14.1. The molecule has 350 valence electrons. The number of imidazole rings is 1. The van der Waals surface area contributed by atoms with E-state index >= 15 is 0 Å². The van der Waals surface area contributed by atoms with Gasteiger partial charge in [0.05, 0.1) is 36.2 Å². The molecule has 0 bridgehead atoms. The summed E-state index contributed by atoms with van der Waals surface area (Å²) in [6.45, 7) is 5.23. The summed E-state index contributed by atoms with van der Waals surface area (Å²) >= 11 is 0. The van der Waals surface area contributed by atoms with Crippen molar-refractivity contribution in [2.75, 3.05) is 26.2 Å². The van der Waals surface area contributed by atoms with E-state index in [-0.39, 0.29) is 44.2 Å². The topological polar surface area (TPSA) is 233 Å². The van der Waals surface area contributed by atoms with E-state index in [4.69, 9.17) is 4.98 Å². The zero-order valence-electron chi connectivity index (χ0n) is 38.2. The van der Waals surface area contributed by atoms with Crippen molar-refractivity contribution in [2.24, 2.45) is 0 Å². The van der Waals surface area contributed by atoms with E-state index in [1.165, 1.54) is 45.1 Å². The number of nitrogens with zero attached hydrogens (tertiary/aromatic N) is 7. The van der Waals surface area contributed by atoms with Crippen LogP contribution in [0.25, 0.3) is 38.9 Å². The van der Waals surface area contributed by atoms with Crippen molar-refractivity contribution in [3.63, 3.8) is 0 Å². The molecule has 1 saturated carbocycles. The fourth-order valence-electron chi connectivity index (χ4n) is 8.76. The maximum atomic E-state index is 14.4. The highest BCUT2D eigenvalue weighted by atomic mass is 16.2. The van der Waals surface area contributed by atoms with Crippen molar-refractivity contribution in [1.82, 2.24) is 60.3 Å². The number of aromatic nitrogens is 7. The van der Waals surface area contributed by atoms with Crippen molar-refractivity contribution in [3.05, 3.63) is 137 Å². The van der Waals surface area contributed by atoms with E-state index in [1.807, 2.05) is 74.5 Å². The van der Waals surface area contributed by atoms with Gasteiger partial charge >= 0.3 is 5.69 Å². The van der Waals surface area contributed by atoms with Crippen molar-refractivity contribution in [3.8, 4) is 22.4 Å². The molecule has 1 fully saturated rings. The summed E-state index contributed by atoms with van der Waals surface area (Å²) in [5.41, 5.74) is 5.48. The summed E-state index contributed by atoms with van der Waals surface area (Å²) in [6, 6.07) is 22.8. The SMILES string of the molecule is CCCN(CC(=O)NC1(c2ccc(-c3nc4ccn5c(=O)[nH]nc5c4cc3-c3ccccc3)cc2)CCC1)C(=O)[C@H](Cc1cnc[nH]1)NC(=O)CN(CCC)C(=O)[C@@H](C)NC(=O)c1ccncc1. The number of amides is 5. The first-order valence-electron chi connectivity index (χ1n) is 22.9. The van der Waals surface area contributed by atoms with Crippen LogP contribution in [0.3, 0.4) is 0 Å². The summed E-state index contributed by atoms with van der Waals surface area (Å²) < 4.78 is 1.46. The third kappa shape index (κ3) is 10.2. The number of carbonyl (C=O) groups excluding carboxylic acids is 5. The second-order valence-corrected chi connectivity index (χ2v) is 17.1. The summed E-state index contributed by atoms with van der Waals surface area (Å²) in [5, 5.41) is 16.3. The minimum Gasteiger partial charge on any atom is -0.348 e. The van der Waals surface area contributed by atoms with E-state index in [9.17, 15) is 28.8 Å². The predicted octanol–water partition coefficient (Wildman–Crippen LogP) is 4.54. The molecule has 5 aromatic heterocycles. The molecule has 1 aliphatic rings. The fraction of sp³-hybridized carbons (Fsp3) is 0.320. The van der Waals surface area contributed by atoms with E-state index < -0.39 is 41.3 Å². The number of H-pyrrole nitrogens is 2. The monoisotopic (exact) mass is 918 g/mol. The van der Waals surface area contributed by atoms with Gasteiger partial charge in [0.2, 0.25) is 23.6 Å².